The number of amides is 1. The number of rotatable bonds is 7. The first kappa shape index (κ1) is 19.9. The van der Waals surface area contributed by atoms with Gasteiger partial charge in [-0.1, -0.05) is 43.2 Å². The molecule has 1 aromatic carbocycles. The van der Waals surface area contributed by atoms with Gasteiger partial charge in [-0.25, -0.2) is 4.98 Å². The molecule has 5 rings (SSSR count). The van der Waals surface area contributed by atoms with Crippen LogP contribution in [0.15, 0.2) is 41.2 Å². The zero-order chi connectivity index (χ0) is 21.2. The third kappa shape index (κ3) is 4.54. The average Bonchev–Trinajstić information content (AvgIpc) is 3.53. The molecule has 2 N–H and O–H groups in total. The molecule has 3 aromatic rings. The van der Waals surface area contributed by atoms with Crippen LogP contribution in [0.5, 0.6) is 0 Å². The summed E-state index contributed by atoms with van der Waals surface area (Å²) in [6.07, 6.45) is 6.07. The summed E-state index contributed by atoms with van der Waals surface area (Å²) in [4.78, 5) is 34.2. The first-order valence-corrected chi connectivity index (χ1v) is 11.1. The van der Waals surface area contributed by atoms with Crippen LogP contribution in [0.25, 0.3) is 17.2 Å². The molecule has 31 heavy (non-hydrogen) atoms. The number of benzene rings is 1. The summed E-state index contributed by atoms with van der Waals surface area (Å²) in [5.74, 6) is 1.52. The third-order valence-electron chi connectivity index (χ3n) is 6.18. The molecule has 0 spiro atoms. The molecule has 0 saturated heterocycles. The van der Waals surface area contributed by atoms with Crippen LogP contribution >= 0.6 is 0 Å². The Labute approximate surface area is 180 Å². The van der Waals surface area contributed by atoms with Gasteiger partial charge in [0, 0.05) is 18.2 Å². The number of H-pyrrole nitrogens is 1. The molecule has 0 aliphatic heterocycles. The second-order valence-electron chi connectivity index (χ2n) is 8.59. The highest BCUT2D eigenvalue weighted by Crippen LogP contribution is 2.30. The van der Waals surface area contributed by atoms with E-state index < -0.39 is 0 Å². The predicted molar refractivity (Wildman–Crippen MR) is 115 cm³/mol. The number of fused-ring (bicyclic) bond motifs is 1. The summed E-state index contributed by atoms with van der Waals surface area (Å²) in [6, 6.07) is 11.1. The Morgan fingerprint density at radius 1 is 1.13 bits per heavy atom. The van der Waals surface area contributed by atoms with Gasteiger partial charge in [0.05, 0.1) is 24.3 Å². The van der Waals surface area contributed by atoms with Gasteiger partial charge in [0.1, 0.15) is 0 Å². The Morgan fingerprint density at radius 3 is 2.74 bits per heavy atom. The van der Waals surface area contributed by atoms with Crippen molar-refractivity contribution in [2.24, 2.45) is 11.8 Å². The molecule has 2 saturated carbocycles. The maximum atomic E-state index is 12.6. The van der Waals surface area contributed by atoms with Crippen LogP contribution < -0.4 is 10.9 Å². The maximum absolute atomic E-state index is 12.6. The number of ether oxygens (including phenoxy) is 1. The zero-order valence-corrected chi connectivity index (χ0v) is 17.4. The standard InChI is InChI=1S/C23H27N5O3/c29-20-12-17(25-23-26-21(27-28(20)23)16-6-2-1-3-7-16)14-31-19-9-5-4-8-18(19)22(30)24-13-15-10-11-15/h1-3,6-7,12,15,18-19H,4-5,8-11,13-14H2,(H,24,30)(H,25,26,27). The van der Waals surface area contributed by atoms with Crippen molar-refractivity contribution >= 4 is 11.7 Å². The van der Waals surface area contributed by atoms with Crippen LogP contribution in [0, 0.1) is 11.8 Å². The fourth-order valence-electron chi connectivity index (χ4n) is 4.21. The highest BCUT2D eigenvalue weighted by molar-refractivity contribution is 5.79. The lowest BCUT2D eigenvalue weighted by atomic mass is 9.85. The third-order valence-corrected chi connectivity index (χ3v) is 6.18. The molecule has 2 fully saturated rings. The van der Waals surface area contributed by atoms with E-state index in [9.17, 15) is 9.59 Å². The molecule has 2 unspecified atom stereocenters. The minimum atomic E-state index is -0.236. The zero-order valence-electron chi connectivity index (χ0n) is 17.4. The van der Waals surface area contributed by atoms with E-state index in [2.05, 4.69) is 20.4 Å². The minimum absolute atomic E-state index is 0.0971. The molecule has 0 radical (unpaired) electrons. The van der Waals surface area contributed by atoms with Crippen LogP contribution in [-0.4, -0.2) is 38.1 Å². The van der Waals surface area contributed by atoms with Gasteiger partial charge < -0.3 is 10.1 Å². The number of hydrogen-bond acceptors (Lipinski definition) is 5. The number of aromatic nitrogens is 4. The summed E-state index contributed by atoms with van der Waals surface area (Å²) in [7, 11) is 0. The number of nitrogens with zero attached hydrogens (tertiary/aromatic N) is 3. The van der Waals surface area contributed by atoms with Crippen LogP contribution in [0.2, 0.25) is 0 Å². The summed E-state index contributed by atoms with van der Waals surface area (Å²) >= 11 is 0. The fourth-order valence-corrected chi connectivity index (χ4v) is 4.21. The van der Waals surface area contributed by atoms with E-state index in [1.165, 1.54) is 23.4 Å². The fraction of sp³-hybridized carbons (Fsp3) is 0.478. The molecule has 0 bridgehead atoms. The van der Waals surface area contributed by atoms with Crippen molar-refractivity contribution in [3.63, 3.8) is 0 Å². The number of hydrogen-bond donors (Lipinski definition) is 2. The molecule has 2 atom stereocenters. The molecular weight excluding hydrogens is 394 g/mol. The van der Waals surface area contributed by atoms with Crippen LogP contribution in [0.4, 0.5) is 0 Å². The van der Waals surface area contributed by atoms with Gasteiger partial charge in [-0.2, -0.15) is 9.50 Å². The van der Waals surface area contributed by atoms with Crippen molar-refractivity contribution in [2.75, 3.05) is 6.54 Å². The molecule has 1 amide bonds. The van der Waals surface area contributed by atoms with Gasteiger partial charge in [-0.3, -0.25) is 14.7 Å². The monoisotopic (exact) mass is 421 g/mol. The summed E-state index contributed by atoms with van der Waals surface area (Å²) < 4.78 is 7.44. The van der Waals surface area contributed by atoms with Crippen molar-refractivity contribution in [1.29, 1.82) is 0 Å². The second-order valence-corrected chi connectivity index (χ2v) is 8.59. The van der Waals surface area contributed by atoms with Gasteiger partial charge >= 0.3 is 0 Å². The first-order chi connectivity index (χ1) is 15.2. The molecule has 2 aromatic heterocycles. The van der Waals surface area contributed by atoms with Crippen molar-refractivity contribution in [3.05, 3.63) is 52.4 Å². The van der Waals surface area contributed by atoms with Gasteiger partial charge in [-0.05, 0) is 31.6 Å². The lowest BCUT2D eigenvalue weighted by molar-refractivity contribution is -0.133. The number of nitrogens with one attached hydrogen (secondary N) is 2. The Bertz CT molecular complexity index is 1120. The minimum Gasteiger partial charge on any atom is -0.371 e. The van der Waals surface area contributed by atoms with E-state index in [0.29, 0.717) is 23.2 Å². The van der Waals surface area contributed by atoms with Gasteiger partial charge in [0.2, 0.25) is 5.91 Å². The van der Waals surface area contributed by atoms with E-state index in [1.807, 2.05) is 30.3 Å². The lowest BCUT2D eigenvalue weighted by Crippen LogP contribution is -2.41. The number of carbonyl (C=O) groups excluding carboxylic acids is 1. The molecule has 2 aliphatic carbocycles. The van der Waals surface area contributed by atoms with Gasteiger partial charge in [-0.15, -0.1) is 0 Å². The normalized spacial score (nSPS) is 21.3. The van der Waals surface area contributed by atoms with Crippen molar-refractivity contribution in [3.8, 4) is 11.4 Å². The second kappa shape index (κ2) is 8.63. The Balaban J connectivity index is 1.29. The smallest absolute Gasteiger partial charge is 0.274 e. The van der Waals surface area contributed by atoms with E-state index in [1.54, 1.807) is 0 Å². The lowest BCUT2D eigenvalue weighted by Gasteiger charge is -2.30. The largest absolute Gasteiger partial charge is 0.371 e. The Hall–Kier alpha value is -3.00. The highest BCUT2D eigenvalue weighted by Gasteiger charge is 2.33. The van der Waals surface area contributed by atoms with Gasteiger partial charge in [0.25, 0.3) is 11.3 Å². The predicted octanol–water partition coefficient (Wildman–Crippen LogP) is 2.69. The van der Waals surface area contributed by atoms with Crippen LogP contribution in [0.3, 0.4) is 0 Å². The van der Waals surface area contributed by atoms with Gasteiger partial charge in [0.15, 0.2) is 5.82 Å². The van der Waals surface area contributed by atoms with Crippen molar-refractivity contribution in [2.45, 2.75) is 51.2 Å². The number of aromatic amines is 1. The highest BCUT2D eigenvalue weighted by atomic mass is 16.5. The maximum Gasteiger partial charge on any atom is 0.274 e. The number of carbonyl (C=O) groups is 1. The van der Waals surface area contributed by atoms with Crippen LogP contribution in [0.1, 0.15) is 44.2 Å². The summed E-state index contributed by atoms with van der Waals surface area (Å²) in [5.41, 5.74) is 1.17. The molecule has 2 heterocycles. The van der Waals surface area contributed by atoms with E-state index in [0.717, 1.165) is 37.8 Å². The summed E-state index contributed by atoms with van der Waals surface area (Å²) in [6.45, 7) is 0.969. The topological polar surface area (TPSA) is 101 Å². The Kier molecular flexibility index (Phi) is 5.55. The molecule has 2 aliphatic rings. The summed E-state index contributed by atoms with van der Waals surface area (Å²) in [5, 5.41) is 6.09. The quantitative estimate of drug-likeness (QED) is 0.611. The van der Waals surface area contributed by atoms with E-state index >= 15 is 0 Å². The Morgan fingerprint density at radius 2 is 1.94 bits per heavy atom. The van der Waals surface area contributed by atoms with Crippen molar-refractivity contribution in [1.82, 2.24) is 24.9 Å². The van der Waals surface area contributed by atoms with Crippen LogP contribution in [-0.2, 0) is 16.1 Å². The van der Waals surface area contributed by atoms with E-state index in [4.69, 9.17) is 4.74 Å². The first-order valence-electron chi connectivity index (χ1n) is 11.1. The SMILES string of the molecule is O=C(NCC1CC1)C1CCCCC1OCc1cc(=O)n2[nH]c(-c3ccccc3)nc2n1. The molecule has 8 heteroatoms. The molecule has 162 valence electrons. The van der Waals surface area contributed by atoms with E-state index in [-0.39, 0.29) is 30.1 Å². The van der Waals surface area contributed by atoms with Crippen molar-refractivity contribution < 1.29 is 9.53 Å². The molecular formula is C23H27N5O3. The molecule has 8 nitrogen and oxygen atoms in total. The average molecular weight is 422 g/mol.